The van der Waals surface area contributed by atoms with E-state index >= 15 is 0 Å². The summed E-state index contributed by atoms with van der Waals surface area (Å²) in [7, 11) is 1.83. The highest BCUT2D eigenvalue weighted by atomic mass is 32.2. The number of esters is 1. The molecule has 1 aromatic carbocycles. The second kappa shape index (κ2) is 8.60. The Morgan fingerprint density at radius 1 is 1.35 bits per heavy atom. The van der Waals surface area contributed by atoms with E-state index in [1.54, 1.807) is 43.0 Å². The third-order valence-electron chi connectivity index (χ3n) is 2.64. The third-order valence-corrected chi connectivity index (χ3v) is 3.89. The van der Waals surface area contributed by atoms with E-state index in [1.807, 2.05) is 7.05 Å². The molecule has 0 saturated heterocycles. The molecule has 0 fully saturated rings. The molecule has 6 heteroatoms. The topological polar surface area (TPSA) is 75.6 Å². The standard InChI is InChI=1S/C14H19NO4S/c1-3-12(16)19-8-9-20-13(15-2)10-4-6-11(7-5-10)14(17)18/h4-7,13,15H,3,8-9H2,1-2H3,(H,17,18). The average Bonchev–Trinajstić information content (AvgIpc) is 2.47. The van der Waals surface area contributed by atoms with E-state index in [0.717, 1.165) is 5.56 Å². The highest BCUT2D eigenvalue weighted by Crippen LogP contribution is 2.25. The van der Waals surface area contributed by atoms with E-state index in [-0.39, 0.29) is 16.9 Å². The molecule has 2 N–H and O–H groups in total. The Labute approximate surface area is 122 Å². The first-order valence-corrected chi connectivity index (χ1v) is 7.41. The zero-order chi connectivity index (χ0) is 15.0. The van der Waals surface area contributed by atoms with Crippen molar-refractivity contribution in [1.29, 1.82) is 0 Å². The van der Waals surface area contributed by atoms with Crippen LogP contribution in [0.15, 0.2) is 24.3 Å². The van der Waals surface area contributed by atoms with Crippen LogP contribution in [0.3, 0.4) is 0 Å². The molecule has 0 amide bonds. The fourth-order valence-corrected chi connectivity index (χ4v) is 2.50. The first-order valence-electron chi connectivity index (χ1n) is 6.36. The molecule has 1 unspecified atom stereocenters. The number of rotatable bonds is 8. The average molecular weight is 297 g/mol. The summed E-state index contributed by atoms with van der Waals surface area (Å²) in [5.41, 5.74) is 1.26. The van der Waals surface area contributed by atoms with Crippen molar-refractivity contribution in [3.63, 3.8) is 0 Å². The van der Waals surface area contributed by atoms with Crippen LogP contribution in [0.5, 0.6) is 0 Å². The summed E-state index contributed by atoms with van der Waals surface area (Å²) in [6.07, 6.45) is 0.386. The quantitative estimate of drug-likeness (QED) is 0.435. The summed E-state index contributed by atoms with van der Waals surface area (Å²) >= 11 is 1.61. The molecule has 1 aromatic rings. The van der Waals surface area contributed by atoms with Gasteiger partial charge in [-0.15, -0.1) is 11.8 Å². The Hall–Kier alpha value is -1.53. The monoisotopic (exact) mass is 297 g/mol. The maximum absolute atomic E-state index is 11.0. The molecule has 0 aliphatic carbocycles. The Balaban J connectivity index is 2.49. The van der Waals surface area contributed by atoms with Gasteiger partial charge in [0.2, 0.25) is 0 Å². The highest BCUT2D eigenvalue weighted by Gasteiger charge is 2.11. The lowest BCUT2D eigenvalue weighted by Crippen LogP contribution is -2.15. The lowest BCUT2D eigenvalue weighted by Gasteiger charge is -2.16. The lowest BCUT2D eigenvalue weighted by atomic mass is 10.1. The highest BCUT2D eigenvalue weighted by molar-refractivity contribution is 7.99. The molecule has 110 valence electrons. The van der Waals surface area contributed by atoms with Crippen LogP contribution in [-0.2, 0) is 9.53 Å². The van der Waals surface area contributed by atoms with Gasteiger partial charge in [-0.2, -0.15) is 0 Å². The van der Waals surface area contributed by atoms with Gasteiger partial charge < -0.3 is 15.2 Å². The van der Waals surface area contributed by atoms with Crippen molar-refractivity contribution in [2.45, 2.75) is 18.7 Å². The molecule has 0 radical (unpaired) electrons. The van der Waals surface area contributed by atoms with Crippen molar-refractivity contribution < 1.29 is 19.4 Å². The van der Waals surface area contributed by atoms with E-state index in [9.17, 15) is 9.59 Å². The minimum absolute atomic E-state index is 0.0400. The molecule has 0 aliphatic heterocycles. The van der Waals surface area contributed by atoms with Crippen molar-refractivity contribution in [2.75, 3.05) is 19.4 Å². The summed E-state index contributed by atoms with van der Waals surface area (Å²) in [6, 6.07) is 6.74. The number of carboxylic acids is 1. The number of aromatic carboxylic acids is 1. The van der Waals surface area contributed by atoms with E-state index in [1.165, 1.54) is 0 Å². The predicted octanol–water partition coefficient (Wildman–Crippen LogP) is 2.29. The van der Waals surface area contributed by atoms with E-state index in [4.69, 9.17) is 9.84 Å². The normalized spacial score (nSPS) is 11.9. The summed E-state index contributed by atoms with van der Waals surface area (Å²) < 4.78 is 5.01. The number of carbonyl (C=O) groups is 2. The number of carbonyl (C=O) groups excluding carboxylic acids is 1. The van der Waals surface area contributed by atoms with E-state index in [0.29, 0.717) is 18.8 Å². The number of carboxylic acid groups (broad SMARTS) is 1. The van der Waals surface area contributed by atoms with Crippen LogP contribution in [0.25, 0.3) is 0 Å². The molecule has 0 spiro atoms. The molecular formula is C14H19NO4S. The van der Waals surface area contributed by atoms with E-state index in [2.05, 4.69) is 5.32 Å². The molecule has 1 atom stereocenters. The minimum atomic E-state index is -0.934. The zero-order valence-corrected chi connectivity index (χ0v) is 12.4. The van der Waals surface area contributed by atoms with Crippen molar-refractivity contribution in [1.82, 2.24) is 5.32 Å². The molecule has 20 heavy (non-hydrogen) atoms. The second-order valence-electron chi connectivity index (χ2n) is 4.04. The minimum Gasteiger partial charge on any atom is -0.478 e. The summed E-state index contributed by atoms with van der Waals surface area (Å²) in [6.45, 7) is 2.14. The number of benzene rings is 1. The molecule has 0 aromatic heterocycles. The van der Waals surface area contributed by atoms with Crippen LogP contribution in [-0.4, -0.2) is 36.5 Å². The lowest BCUT2D eigenvalue weighted by molar-refractivity contribution is -0.142. The van der Waals surface area contributed by atoms with Gasteiger partial charge >= 0.3 is 11.9 Å². The van der Waals surface area contributed by atoms with Crippen molar-refractivity contribution >= 4 is 23.7 Å². The van der Waals surface area contributed by atoms with Crippen LogP contribution in [0.2, 0.25) is 0 Å². The summed E-state index contributed by atoms with van der Waals surface area (Å²) in [5, 5.41) is 12.0. The zero-order valence-electron chi connectivity index (χ0n) is 11.6. The maximum Gasteiger partial charge on any atom is 0.335 e. The second-order valence-corrected chi connectivity index (χ2v) is 5.25. The van der Waals surface area contributed by atoms with Crippen LogP contribution < -0.4 is 5.32 Å². The number of ether oxygens (including phenoxy) is 1. The molecule has 1 rings (SSSR count). The van der Waals surface area contributed by atoms with Crippen molar-refractivity contribution in [3.05, 3.63) is 35.4 Å². The Kier molecular flexibility index (Phi) is 7.11. The van der Waals surface area contributed by atoms with Gasteiger partial charge in [-0.25, -0.2) is 4.79 Å². The number of hydrogen-bond donors (Lipinski definition) is 2. The van der Waals surface area contributed by atoms with Crippen LogP contribution in [0.1, 0.15) is 34.6 Å². The van der Waals surface area contributed by atoms with Crippen LogP contribution in [0, 0.1) is 0 Å². The molecule has 5 nitrogen and oxygen atoms in total. The number of hydrogen-bond acceptors (Lipinski definition) is 5. The van der Waals surface area contributed by atoms with Gasteiger partial charge in [0.05, 0.1) is 10.9 Å². The SMILES string of the molecule is CCC(=O)OCCSC(NC)c1ccc(C(=O)O)cc1. The van der Waals surface area contributed by atoms with Gasteiger partial charge in [0.15, 0.2) is 0 Å². The van der Waals surface area contributed by atoms with Crippen molar-refractivity contribution in [2.24, 2.45) is 0 Å². The fraction of sp³-hybridized carbons (Fsp3) is 0.429. The fourth-order valence-electron chi connectivity index (χ4n) is 1.57. The first-order chi connectivity index (χ1) is 9.58. The first kappa shape index (κ1) is 16.5. The van der Waals surface area contributed by atoms with Crippen LogP contribution >= 0.6 is 11.8 Å². The smallest absolute Gasteiger partial charge is 0.335 e. The van der Waals surface area contributed by atoms with Gasteiger partial charge in [-0.05, 0) is 24.7 Å². The summed E-state index contributed by atoms with van der Waals surface area (Å²) in [4.78, 5) is 21.8. The number of thioether (sulfide) groups is 1. The molecule has 0 aliphatic rings. The van der Waals surface area contributed by atoms with Crippen molar-refractivity contribution in [3.8, 4) is 0 Å². The molecule has 0 heterocycles. The van der Waals surface area contributed by atoms with Gasteiger partial charge in [0.1, 0.15) is 6.61 Å². The van der Waals surface area contributed by atoms with Gasteiger partial charge in [-0.1, -0.05) is 19.1 Å². The predicted molar refractivity (Wildman–Crippen MR) is 78.9 cm³/mol. The molecular weight excluding hydrogens is 278 g/mol. The van der Waals surface area contributed by atoms with Gasteiger partial charge in [0, 0.05) is 12.2 Å². The van der Waals surface area contributed by atoms with Crippen LogP contribution in [0.4, 0.5) is 0 Å². The van der Waals surface area contributed by atoms with Gasteiger partial charge in [-0.3, -0.25) is 4.79 Å². The maximum atomic E-state index is 11.0. The largest absolute Gasteiger partial charge is 0.478 e. The molecule has 0 saturated carbocycles. The summed E-state index contributed by atoms with van der Waals surface area (Å²) in [5.74, 6) is -0.452. The Morgan fingerprint density at radius 3 is 2.50 bits per heavy atom. The Bertz CT molecular complexity index is 447. The van der Waals surface area contributed by atoms with Gasteiger partial charge in [0.25, 0.3) is 0 Å². The van der Waals surface area contributed by atoms with E-state index < -0.39 is 5.97 Å². The Morgan fingerprint density at radius 2 is 2.00 bits per heavy atom. The molecule has 0 bridgehead atoms. The third kappa shape index (κ3) is 5.22. The number of nitrogens with one attached hydrogen (secondary N) is 1.